The van der Waals surface area contributed by atoms with Crippen molar-refractivity contribution < 1.29 is 17.9 Å². The lowest BCUT2D eigenvalue weighted by Crippen LogP contribution is -2.28. The third kappa shape index (κ3) is 4.05. The van der Waals surface area contributed by atoms with Crippen LogP contribution in [0, 0.1) is 10.1 Å². The van der Waals surface area contributed by atoms with E-state index in [0.717, 1.165) is 24.5 Å². The number of non-ortho nitro benzene ring substituents is 1. The van der Waals surface area contributed by atoms with Gasteiger partial charge >= 0.3 is 0 Å². The highest BCUT2D eigenvalue weighted by Crippen LogP contribution is 2.31. The number of nitro groups is 1. The highest BCUT2D eigenvalue weighted by Gasteiger charge is 2.31. The van der Waals surface area contributed by atoms with E-state index in [1.807, 2.05) is 30.3 Å². The molecule has 1 fully saturated rings. The van der Waals surface area contributed by atoms with E-state index < -0.39 is 14.9 Å². The van der Waals surface area contributed by atoms with Gasteiger partial charge < -0.3 is 9.84 Å². The quantitative estimate of drug-likeness (QED) is 0.451. The molecular weight excluding hydrogens is 408 g/mol. The summed E-state index contributed by atoms with van der Waals surface area (Å²) < 4.78 is 32.8. The van der Waals surface area contributed by atoms with Crippen LogP contribution in [0.25, 0.3) is 11.3 Å². The summed E-state index contributed by atoms with van der Waals surface area (Å²) in [7, 11) is -3.84. The zero-order valence-electron chi connectivity index (χ0n) is 16.0. The van der Waals surface area contributed by atoms with Crippen molar-refractivity contribution in [2.75, 3.05) is 18.4 Å². The number of anilines is 1. The van der Waals surface area contributed by atoms with Gasteiger partial charge in [0.1, 0.15) is 10.6 Å². The Morgan fingerprint density at radius 3 is 2.53 bits per heavy atom. The Morgan fingerprint density at radius 1 is 1.10 bits per heavy atom. The molecule has 0 bridgehead atoms. The fourth-order valence-electron chi connectivity index (χ4n) is 3.37. The predicted octanol–water partition coefficient (Wildman–Crippen LogP) is 3.65. The van der Waals surface area contributed by atoms with Crippen molar-refractivity contribution in [3.63, 3.8) is 0 Å². The maximum absolute atomic E-state index is 13.1. The first kappa shape index (κ1) is 20.0. The molecule has 9 nitrogen and oxygen atoms in total. The van der Waals surface area contributed by atoms with E-state index >= 15 is 0 Å². The van der Waals surface area contributed by atoms with Gasteiger partial charge in [-0.25, -0.2) is 8.42 Å². The van der Waals surface area contributed by atoms with Crippen molar-refractivity contribution in [2.24, 2.45) is 0 Å². The largest absolute Gasteiger partial charge is 0.378 e. The standard InChI is InChI=1S/C20H20N4O5S/c25-24(26)17-8-9-18(20(13-17)30(27,28)23-10-4-5-11-23)21-14-16-12-19(29-22-16)15-6-2-1-3-7-15/h1-3,6-9,12-13,21H,4-5,10-11,14H2. The molecule has 2 aromatic carbocycles. The lowest BCUT2D eigenvalue weighted by Gasteiger charge is -2.18. The Kier molecular flexibility index (Phi) is 5.51. The Hall–Kier alpha value is -3.24. The van der Waals surface area contributed by atoms with Gasteiger partial charge in [-0.3, -0.25) is 10.1 Å². The van der Waals surface area contributed by atoms with Gasteiger partial charge in [0.2, 0.25) is 10.0 Å². The molecule has 30 heavy (non-hydrogen) atoms. The van der Waals surface area contributed by atoms with Crippen LogP contribution in [0.2, 0.25) is 0 Å². The lowest BCUT2D eigenvalue weighted by molar-refractivity contribution is -0.385. The Labute approximate surface area is 173 Å². The molecule has 1 N–H and O–H groups in total. The number of rotatable bonds is 7. The third-order valence-electron chi connectivity index (χ3n) is 4.94. The van der Waals surface area contributed by atoms with Crippen LogP contribution in [0.5, 0.6) is 0 Å². The SMILES string of the molecule is O=[N+]([O-])c1ccc(NCc2cc(-c3ccccc3)on2)c(S(=O)(=O)N2CCCC2)c1. The van der Waals surface area contributed by atoms with E-state index in [-0.39, 0.29) is 22.8 Å². The molecule has 1 aliphatic rings. The molecule has 0 saturated carbocycles. The molecule has 3 aromatic rings. The first-order valence-electron chi connectivity index (χ1n) is 9.48. The van der Waals surface area contributed by atoms with Crippen LogP contribution in [0.4, 0.5) is 11.4 Å². The molecule has 1 aliphatic heterocycles. The van der Waals surface area contributed by atoms with Crippen LogP contribution >= 0.6 is 0 Å². The monoisotopic (exact) mass is 428 g/mol. The summed E-state index contributed by atoms with van der Waals surface area (Å²) in [4.78, 5) is 10.5. The summed E-state index contributed by atoms with van der Waals surface area (Å²) >= 11 is 0. The second-order valence-corrected chi connectivity index (χ2v) is 8.86. The summed E-state index contributed by atoms with van der Waals surface area (Å²) in [5.41, 5.74) is 1.48. The van der Waals surface area contributed by atoms with E-state index in [1.165, 1.54) is 16.4 Å². The zero-order chi connectivity index (χ0) is 21.1. The average molecular weight is 428 g/mol. The summed E-state index contributed by atoms with van der Waals surface area (Å²) in [6.45, 7) is 1.03. The van der Waals surface area contributed by atoms with Crippen LogP contribution < -0.4 is 5.32 Å². The first-order chi connectivity index (χ1) is 14.4. The van der Waals surface area contributed by atoms with Gasteiger partial charge in [0, 0.05) is 36.9 Å². The summed E-state index contributed by atoms with van der Waals surface area (Å²) in [5, 5.41) is 18.2. The molecule has 1 saturated heterocycles. The molecule has 0 spiro atoms. The molecular formula is C20H20N4O5S. The van der Waals surface area contributed by atoms with E-state index in [0.29, 0.717) is 24.5 Å². The minimum Gasteiger partial charge on any atom is -0.378 e. The van der Waals surface area contributed by atoms with Crippen LogP contribution in [0.15, 0.2) is 64.0 Å². The number of hydrogen-bond donors (Lipinski definition) is 1. The summed E-state index contributed by atoms with van der Waals surface area (Å²) in [6, 6.07) is 15.0. The fraction of sp³-hybridized carbons (Fsp3) is 0.250. The lowest BCUT2D eigenvalue weighted by atomic mass is 10.1. The van der Waals surface area contributed by atoms with E-state index in [9.17, 15) is 18.5 Å². The maximum Gasteiger partial charge on any atom is 0.270 e. The third-order valence-corrected chi connectivity index (χ3v) is 6.87. The molecule has 4 rings (SSSR count). The molecule has 2 heterocycles. The number of aromatic nitrogens is 1. The van der Waals surface area contributed by atoms with Gasteiger partial charge in [0.05, 0.1) is 17.2 Å². The van der Waals surface area contributed by atoms with Crippen molar-refractivity contribution in [2.45, 2.75) is 24.3 Å². The van der Waals surface area contributed by atoms with Gasteiger partial charge in [-0.2, -0.15) is 4.31 Å². The topological polar surface area (TPSA) is 119 Å². The highest BCUT2D eigenvalue weighted by molar-refractivity contribution is 7.89. The summed E-state index contributed by atoms with van der Waals surface area (Å²) in [6.07, 6.45) is 1.55. The second kappa shape index (κ2) is 8.25. The minimum atomic E-state index is -3.84. The van der Waals surface area contributed by atoms with Crippen molar-refractivity contribution in [3.8, 4) is 11.3 Å². The molecule has 0 atom stereocenters. The number of nitro benzene ring substituents is 1. The molecule has 10 heteroatoms. The van der Waals surface area contributed by atoms with Crippen LogP contribution in [0.1, 0.15) is 18.5 Å². The number of hydrogen-bond acceptors (Lipinski definition) is 7. The molecule has 1 aromatic heterocycles. The highest BCUT2D eigenvalue weighted by atomic mass is 32.2. The fourth-order valence-corrected chi connectivity index (χ4v) is 5.08. The number of nitrogens with zero attached hydrogens (tertiary/aromatic N) is 3. The summed E-state index contributed by atoms with van der Waals surface area (Å²) in [5.74, 6) is 0.598. The number of benzene rings is 2. The first-order valence-corrected chi connectivity index (χ1v) is 10.9. The maximum atomic E-state index is 13.1. The van der Waals surface area contributed by atoms with Gasteiger partial charge in [-0.15, -0.1) is 0 Å². The Balaban J connectivity index is 1.60. The van der Waals surface area contributed by atoms with Crippen LogP contribution in [-0.2, 0) is 16.6 Å². The van der Waals surface area contributed by atoms with Gasteiger partial charge in [0.15, 0.2) is 5.76 Å². The van der Waals surface area contributed by atoms with Crippen molar-refractivity contribution in [3.05, 3.63) is 70.4 Å². The Bertz CT molecular complexity index is 1150. The normalized spacial score (nSPS) is 14.7. The average Bonchev–Trinajstić information content (AvgIpc) is 3.45. The van der Waals surface area contributed by atoms with E-state index in [4.69, 9.17) is 4.52 Å². The second-order valence-electron chi connectivity index (χ2n) is 6.95. The van der Waals surface area contributed by atoms with Crippen molar-refractivity contribution in [1.29, 1.82) is 0 Å². The zero-order valence-corrected chi connectivity index (χ0v) is 16.8. The number of sulfonamides is 1. The van der Waals surface area contributed by atoms with E-state index in [2.05, 4.69) is 10.5 Å². The van der Waals surface area contributed by atoms with Crippen molar-refractivity contribution in [1.82, 2.24) is 9.46 Å². The Morgan fingerprint density at radius 2 is 1.83 bits per heavy atom. The predicted molar refractivity (Wildman–Crippen MR) is 110 cm³/mol. The molecule has 0 radical (unpaired) electrons. The number of nitrogens with one attached hydrogen (secondary N) is 1. The van der Waals surface area contributed by atoms with Gasteiger partial charge in [-0.1, -0.05) is 35.5 Å². The van der Waals surface area contributed by atoms with Gasteiger partial charge in [0.25, 0.3) is 5.69 Å². The molecule has 156 valence electrons. The smallest absolute Gasteiger partial charge is 0.270 e. The van der Waals surface area contributed by atoms with Gasteiger partial charge in [-0.05, 0) is 18.9 Å². The van der Waals surface area contributed by atoms with Crippen LogP contribution in [-0.4, -0.2) is 35.9 Å². The molecule has 0 unspecified atom stereocenters. The van der Waals surface area contributed by atoms with E-state index in [1.54, 1.807) is 6.07 Å². The molecule has 0 aliphatic carbocycles. The minimum absolute atomic E-state index is 0.106. The molecule has 0 amide bonds. The van der Waals surface area contributed by atoms with Crippen LogP contribution in [0.3, 0.4) is 0 Å². The van der Waals surface area contributed by atoms with Crippen molar-refractivity contribution >= 4 is 21.4 Å².